The highest BCUT2D eigenvalue weighted by molar-refractivity contribution is 5.90. The monoisotopic (exact) mass is 328 g/mol. The van der Waals surface area contributed by atoms with Gasteiger partial charge in [0.15, 0.2) is 0 Å². The fraction of sp³-hybridized carbons (Fsp3) is 0.353. The van der Waals surface area contributed by atoms with Gasteiger partial charge in [0.25, 0.3) is 0 Å². The van der Waals surface area contributed by atoms with Crippen LogP contribution in [0.25, 0.3) is 0 Å². The smallest absolute Gasteiger partial charge is 0.319 e. The molecule has 0 radical (unpaired) electrons. The lowest BCUT2D eigenvalue weighted by atomic mass is 10.0. The number of benzene rings is 1. The Morgan fingerprint density at radius 1 is 1.21 bits per heavy atom. The molecular weight excluding hydrogens is 308 g/mol. The summed E-state index contributed by atoms with van der Waals surface area (Å²) in [6, 6.07) is 7.42. The molecule has 1 aromatic carbocycles. The van der Waals surface area contributed by atoms with Crippen molar-refractivity contribution in [2.45, 2.75) is 18.9 Å². The summed E-state index contributed by atoms with van der Waals surface area (Å²) in [5.74, 6) is 1.58. The number of hydrogen-bond acceptors (Lipinski definition) is 5. The van der Waals surface area contributed by atoms with Gasteiger partial charge in [0.2, 0.25) is 5.88 Å². The number of ether oxygens (including phenoxy) is 2. The van der Waals surface area contributed by atoms with Gasteiger partial charge in [-0.1, -0.05) is 12.1 Å². The van der Waals surface area contributed by atoms with Gasteiger partial charge in [-0.3, -0.25) is 0 Å². The number of nitrogens with zero attached hydrogens (tertiary/aromatic N) is 2. The molecular formula is C17H20N4O3. The zero-order chi connectivity index (χ0) is 16.9. The van der Waals surface area contributed by atoms with Crippen LogP contribution in [0.5, 0.6) is 11.6 Å². The molecule has 1 aliphatic carbocycles. The highest BCUT2D eigenvalue weighted by atomic mass is 16.5. The summed E-state index contributed by atoms with van der Waals surface area (Å²) in [5.41, 5.74) is 1.49. The van der Waals surface area contributed by atoms with Crippen molar-refractivity contribution in [1.29, 1.82) is 0 Å². The minimum Gasteiger partial charge on any atom is -0.497 e. The molecule has 1 unspecified atom stereocenters. The molecule has 1 saturated carbocycles. The first kappa shape index (κ1) is 16.0. The number of hydrogen-bond donors (Lipinski definition) is 2. The molecule has 2 amide bonds. The number of urea groups is 1. The van der Waals surface area contributed by atoms with Gasteiger partial charge in [-0.25, -0.2) is 9.78 Å². The van der Waals surface area contributed by atoms with Crippen LogP contribution in [0.15, 0.2) is 36.8 Å². The average Bonchev–Trinajstić information content (AvgIpc) is 3.45. The van der Waals surface area contributed by atoms with Gasteiger partial charge in [-0.15, -0.1) is 0 Å². The molecule has 7 nitrogen and oxygen atoms in total. The maximum atomic E-state index is 12.4. The highest BCUT2D eigenvalue weighted by Crippen LogP contribution is 2.41. The highest BCUT2D eigenvalue weighted by Gasteiger charge is 2.33. The Morgan fingerprint density at radius 2 is 1.96 bits per heavy atom. The van der Waals surface area contributed by atoms with Crippen molar-refractivity contribution in [2.75, 3.05) is 19.5 Å². The van der Waals surface area contributed by atoms with E-state index in [4.69, 9.17) is 9.47 Å². The molecule has 0 saturated heterocycles. The van der Waals surface area contributed by atoms with E-state index in [0.29, 0.717) is 17.5 Å². The van der Waals surface area contributed by atoms with Crippen LogP contribution in [-0.4, -0.2) is 30.2 Å². The standard InChI is InChI=1S/C17H20N4O3/c1-23-13-7-5-12(6-8-13)15(11-3-4-11)21-17(22)20-14-9-18-10-19-16(14)24-2/h5-11,15H,3-4H2,1-2H3,(H2,20,21,22). The Bertz CT molecular complexity index is 701. The first-order chi connectivity index (χ1) is 11.7. The fourth-order valence-electron chi connectivity index (χ4n) is 2.58. The molecule has 7 heteroatoms. The molecule has 126 valence electrons. The van der Waals surface area contributed by atoms with Gasteiger partial charge in [-0.2, -0.15) is 4.98 Å². The van der Waals surface area contributed by atoms with Crippen LogP contribution in [0, 0.1) is 5.92 Å². The molecule has 0 bridgehead atoms. The van der Waals surface area contributed by atoms with Gasteiger partial charge in [0, 0.05) is 0 Å². The summed E-state index contributed by atoms with van der Waals surface area (Å²) >= 11 is 0. The molecule has 1 heterocycles. The number of carbonyl (C=O) groups is 1. The second-order valence-corrected chi connectivity index (χ2v) is 5.63. The van der Waals surface area contributed by atoms with Crippen LogP contribution in [0.2, 0.25) is 0 Å². The molecule has 0 spiro atoms. The maximum Gasteiger partial charge on any atom is 0.319 e. The molecule has 2 aromatic rings. The van der Waals surface area contributed by atoms with Gasteiger partial charge in [0.1, 0.15) is 17.8 Å². The Kier molecular flexibility index (Phi) is 4.79. The van der Waals surface area contributed by atoms with E-state index in [9.17, 15) is 4.79 Å². The van der Waals surface area contributed by atoms with E-state index in [0.717, 1.165) is 24.2 Å². The third-order valence-electron chi connectivity index (χ3n) is 3.97. The van der Waals surface area contributed by atoms with E-state index in [2.05, 4.69) is 20.6 Å². The summed E-state index contributed by atoms with van der Waals surface area (Å²) in [7, 11) is 3.13. The van der Waals surface area contributed by atoms with Gasteiger partial charge in [0.05, 0.1) is 26.5 Å². The second kappa shape index (κ2) is 7.16. The number of anilines is 1. The Balaban J connectivity index is 1.70. The Morgan fingerprint density at radius 3 is 2.58 bits per heavy atom. The molecule has 1 aliphatic rings. The van der Waals surface area contributed by atoms with Crippen LogP contribution in [0.4, 0.5) is 10.5 Å². The van der Waals surface area contributed by atoms with Crippen LogP contribution in [0.1, 0.15) is 24.4 Å². The van der Waals surface area contributed by atoms with E-state index in [1.807, 2.05) is 24.3 Å². The summed E-state index contributed by atoms with van der Waals surface area (Å²) < 4.78 is 10.3. The molecule has 2 N–H and O–H groups in total. The summed E-state index contributed by atoms with van der Waals surface area (Å²) in [5, 5.41) is 5.77. The number of carbonyl (C=O) groups excluding carboxylic acids is 1. The zero-order valence-corrected chi connectivity index (χ0v) is 13.7. The van der Waals surface area contributed by atoms with Crippen molar-refractivity contribution in [2.24, 2.45) is 5.92 Å². The average molecular weight is 328 g/mol. The van der Waals surface area contributed by atoms with Crippen molar-refractivity contribution in [3.63, 3.8) is 0 Å². The van der Waals surface area contributed by atoms with Crippen molar-refractivity contribution in [3.8, 4) is 11.6 Å². The quantitative estimate of drug-likeness (QED) is 0.851. The van der Waals surface area contributed by atoms with Gasteiger partial charge < -0.3 is 20.1 Å². The second-order valence-electron chi connectivity index (χ2n) is 5.63. The lowest BCUT2D eigenvalue weighted by Crippen LogP contribution is -2.33. The first-order valence-electron chi connectivity index (χ1n) is 7.76. The van der Waals surface area contributed by atoms with E-state index in [1.54, 1.807) is 7.11 Å². The maximum absolute atomic E-state index is 12.4. The minimum absolute atomic E-state index is 0.0356. The lowest BCUT2D eigenvalue weighted by Gasteiger charge is -2.19. The number of aromatic nitrogens is 2. The third kappa shape index (κ3) is 3.73. The fourth-order valence-corrected chi connectivity index (χ4v) is 2.58. The minimum atomic E-state index is -0.309. The molecule has 3 rings (SSSR count). The van der Waals surface area contributed by atoms with E-state index in [-0.39, 0.29) is 12.1 Å². The van der Waals surface area contributed by atoms with Crippen LogP contribution in [-0.2, 0) is 0 Å². The SMILES string of the molecule is COc1ccc(C(NC(=O)Nc2cncnc2OC)C2CC2)cc1. The Labute approximate surface area is 140 Å². The molecule has 24 heavy (non-hydrogen) atoms. The Hall–Kier alpha value is -2.83. The predicted octanol–water partition coefficient (Wildman–Crippen LogP) is 2.77. The first-order valence-corrected chi connectivity index (χ1v) is 7.76. The summed E-state index contributed by atoms with van der Waals surface area (Å²) in [6.07, 6.45) is 5.08. The number of rotatable bonds is 6. The summed E-state index contributed by atoms with van der Waals surface area (Å²) in [4.78, 5) is 20.2. The molecule has 0 aliphatic heterocycles. The summed E-state index contributed by atoms with van der Waals surface area (Å²) in [6.45, 7) is 0. The van der Waals surface area contributed by atoms with E-state index in [1.165, 1.54) is 19.6 Å². The third-order valence-corrected chi connectivity index (χ3v) is 3.97. The van der Waals surface area contributed by atoms with E-state index < -0.39 is 0 Å². The van der Waals surface area contributed by atoms with Crippen LogP contribution in [0.3, 0.4) is 0 Å². The molecule has 1 aromatic heterocycles. The number of amides is 2. The topological polar surface area (TPSA) is 85.4 Å². The van der Waals surface area contributed by atoms with Gasteiger partial charge in [-0.05, 0) is 36.5 Å². The molecule has 1 fully saturated rings. The van der Waals surface area contributed by atoms with Crippen molar-refractivity contribution in [1.82, 2.24) is 15.3 Å². The van der Waals surface area contributed by atoms with Crippen molar-refractivity contribution < 1.29 is 14.3 Å². The van der Waals surface area contributed by atoms with Crippen LogP contribution < -0.4 is 20.1 Å². The van der Waals surface area contributed by atoms with Crippen LogP contribution >= 0.6 is 0 Å². The predicted molar refractivity (Wildman–Crippen MR) is 89.2 cm³/mol. The molecule has 1 atom stereocenters. The normalized spacial score (nSPS) is 14.6. The zero-order valence-electron chi connectivity index (χ0n) is 13.7. The number of nitrogens with one attached hydrogen (secondary N) is 2. The van der Waals surface area contributed by atoms with E-state index >= 15 is 0 Å². The van der Waals surface area contributed by atoms with Crippen molar-refractivity contribution >= 4 is 11.7 Å². The van der Waals surface area contributed by atoms with Crippen molar-refractivity contribution in [3.05, 3.63) is 42.4 Å². The lowest BCUT2D eigenvalue weighted by molar-refractivity contribution is 0.247. The van der Waals surface area contributed by atoms with Gasteiger partial charge >= 0.3 is 6.03 Å². The largest absolute Gasteiger partial charge is 0.497 e. The number of methoxy groups -OCH3 is 2.